The Morgan fingerprint density at radius 2 is 1.94 bits per heavy atom. The Labute approximate surface area is 99.3 Å². The number of nitrogens with one attached hydrogen (secondary N) is 1. The van der Waals surface area contributed by atoms with E-state index in [2.05, 4.69) is 19.2 Å². The predicted octanol–water partition coefficient (Wildman–Crippen LogP) is 1.04. The van der Waals surface area contributed by atoms with E-state index in [0.717, 1.165) is 19.6 Å². The first-order valence-corrected chi connectivity index (χ1v) is 6.21. The molecular weight excluding hydrogens is 206 g/mol. The molecular formula is C12H27NO3. The predicted molar refractivity (Wildman–Crippen MR) is 65.6 cm³/mol. The summed E-state index contributed by atoms with van der Waals surface area (Å²) in [4.78, 5) is 0. The van der Waals surface area contributed by atoms with Crippen LogP contribution >= 0.6 is 0 Å². The number of hydrogen-bond acceptors (Lipinski definition) is 4. The van der Waals surface area contributed by atoms with Crippen LogP contribution in [0, 0.1) is 5.92 Å². The SMILES string of the molecule is CCOCC(O)CNCCOCCC(C)C. The third-order valence-electron chi connectivity index (χ3n) is 2.16. The summed E-state index contributed by atoms with van der Waals surface area (Å²) >= 11 is 0. The van der Waals surface area contributed by atoms with Gasteiger partial charge in [0.25, 0.3) is 0 Å². The molecule has 0 rings (SSSR count). The lowest BCUT2D eigenvalue weighted by molar-refractivity contribution is 0.0412. The topological polar surface area (TPSA) is 50.7 Å². The van der Waals surface area contributed by atoms with Crippen LogP contribution in [0.2, 0.25) is 0 Å². The summed E-state index contributed by atoms with van der Waals surface area (Å²) in [6.45, 7) is 10.2. The van der Waals surface area contributed by atoms with Crippen molar-refractivity contribution >= 4 is 0 Å². The lowest BCUT2D eigenvalue weighted by atomic mass is 10.1. The fourth-order valence-corrected chi connectivity index (χ4v) is 1.15. The van der Waals surface area contributed by atoms with Gasteiger partial charge < -0.3 is 19.9 Å². The molecule has 0 saturated heterocycles. The van der Waals surface area contributed by atoms with Crippen molar-refractivity contribution < 1.29 is 14.6 Å². The maximum Gasteiger partial charge on any atom is 0.0897 e. The molecule has 0 radical (unpaired) electrons. The minimum atomic E-state index is -0.421. The summed E-state index contributed by atoms with van der Waals surface area (Å²) in [5.74, 6) is 0.695. The Morgan fingerprint density at radius 3 is 2.56 bits per heavy atom. The maximum atomic E-state index is 9.43. The molecule has 98 valence electrons. The van der Waals surface area contributed by atoms with Gasteiger partial charge in [-0.2, -0.15) is 0 Å². The highest BCUT2D eigenvalue weighted by Gasteiger charge is 2.02. The van der Waals surface area contributed by atoms with Gasteiger partial charge in [0.05, 0.1) is 19.3 Å². The van der Waals surface area contributed by atoms with Gasteiger partial charge in [-0.15, -0.1) is 0 Å². The lowest BCUT2D eigenvalue weighted by Crippen LogP contribution is -2.32. The largest absolute Gasteiger partial charge is 0.389 e. The van der Waals surface area contributed by atoms with Gasteiger partial charge in [0.15, 0.2) is 0 Å². The number of aliphatic hydroxyl groups excluding tert-OH is 1. The van der Waals surface area contributed by atoms with Crippen LogP contribution in [0.15, 0.2) is 0 Å². The van der Waals surface area contributed by atoms with E-state index in [4.69, 9.17) is 9.47 Å². The Kier molecular flexibility index (Phi) is 11.2. The van der Waals surface area contributed by atoms with Crippen molar-refractivity contribution in [3.63, 3.8) is 0 Å². The first kappa shape index (κ1) is 15.8. The van der Waals surface area contributed by atoms with E-state index in [-0.39, 0.29) is 0 Å². The highest BCUT2D eigenvalue weighted by atomic mass is 16.5. The molecule has 16 heavy (non-hydrogen) atoms. The van der Waals surface area contributed by atoms with E-state index in [1.165, 1.54) is 0 Å². The highest BCUT2D eigenvalue weighted by molar-refractivity contribution is 4.57. The van der Waals surface area contributed by atoms with Gasteiger partial charge in [-0.1, -0.05) is 13.8 Å². The molecule has 1 unspecified atom stereocenters. The zero-order valence-electron chi connectivity index (χ0n) is 10.9. The van der Waals surface area contributed by atoms with Crippen LogP contribution in [0.1, 0.15) is 27.2 Å². The van der Waals surface area contributed by atoms with Gasteiger partial charge in [0.2, 0.25) is 0 Å². The second-order valence-electron chi connectivity index (χ2n) is 4.31. The molecule has 0 saturated carbocycles. The average molecular weight is 233 g/mol. The summed E-state index contributed by atoms with van der Waals surface area (Å²) < 4.78 is 10.5. The van der Waals surface area contributed by atoms with Crippen molar-refractivity contribution in [3.8, 4) is 0 Å². The lowest BCUT2D eigenvalue weighted by Gasteiger charge is -2.12. The van der Waals surface area contributed by atoms with Crippen molar-refractivity contribution in [2.24, 2.45) is 5.92 Å². The molecule has 4 nitrogen and oxygen atoms in total. The van der Waals surface area contributed by atoms with Crippen molar-refractivity contribution in [1.82, 2.24) is 5.32 Å². The Bertz CT molecular complexity index is 142. The second kappa shape index (κ2) is 11.3. The molecule has 0 aromatic heterocycles. The fraction of sp³-hybridized carbons (Fsp3) is 1.00. The Balaban J connectivity index is 3.08. The molecule has 0 aromatic rings. The number of aliphatic hydroxyl groups is 1. The summed E-state index contributed by atoms with van der Waals surface area (Å²) in [6.07, 6.45) is 0.683. The van der Waals surface area contributed by atoms with E-state index >= 15 is 0 Å². The van der Waals surface area contributed by atoms with Gasteiger partial charge >= 0.3 is 0 Å². The van der Waals surface area contributed by atoms with Gasteiger partial charge in [-0.3, -0.25) is 0 Å². The van der Waals surface area contributed by atoms with Gasteiger partial charge in [0, 0.05) is 26.3 Å². The molecule has 2 N–H and O–H groups in total. The molecule has 0 aliphatic carbocycles. The molecule has 0 amide bonds. The zero-order chi connectivity index (χ0) is 12.2. The summed E-state index contributed by atoms with van der Waals surface area (Å²) in [6, 6.07) is 0. The molecule has 0 heterocycles. The average Bonchev–Trinajstić information content (AvgIpc) is 2.24. The second-order valence-corrected chi connectivity index (χ2v) is 4.31. The normalized spacial score (nSPS) is 13.3. The molecule has 0 aliphatic heterocycles. The van der Waals surface area contributed by atoms with Crippen molar-refractivity contribution in [1.29, 1.82) is 0 Å². The molecule has 0 bridgehead atoms. The summed E-state index contributed by atoms with van der Waals surface area (Å²) in [5, 5.41) is 12.6. The summed E-state index contributed by atoms with van der Waals surface area (Å²) in [5.41, 5.74) is 0. The smallest absolute Gasteiger partial charge is 0.0897 e. The molecule has 0 spiro atoms. The standard InChI is InChI=1S/C12H27NO3/c1-4-15-10-12(14)9-13-6-8-16-7-5-11(2)3/h11-14H,4-10H2,1-3H3. The highest BCUT2D eigenvalue weighted by Crippen LogP contribution is 1.98. The minimum absolute atomic E-state index is 0.401. The van der Waals surface area contributed by atoms with Crippen LogP contribution in [0.4, 0.5) is 0 Å². The van der Waals surface area contributed by atoms with Crippen LogP contribution in [0.3, 0.4) is 0 Å². The first-order chi connectivity index (χ1) is 7.66. The van der Waals surface area contributed by atoms with E-state index in [0.29, 0.717) is 32.3 Å². The van der Waals surface area contributed by atoms with Crippen molar-refractivity contribution in [2.75, 3.05) is 39.5 Å². The van der Waals surface area contributed by atoms with Crippen molar-refractivity contribution in [3.05, 3.63) is 0 Å². The quantitative estimate of drug-likeness (QED) is 0.524. The van der Waals surface area contributed by atoms with Crippen LogP contribution in [0.25, 0.3) is 0 Å². The molecule has 4 heteroatoms. The van der Waals surface area contributed by atoms with Crippen LogP contribution < -0.4 is 5.32 Å². The Morgan fingerprint density at radius 1 is 1.19 bits per heavy atom. The van der Waals surface area contributed by atoms with Crippen molar-refractivity contribution in [2.45, 2.75) is 33.3 Å². The Hall–Kier alpha value is -0.160. The van der Waals surface area contributed by atoms with E-state index in [1.54, 1.807) is 0 Å². The monoisotopic (exact) mass is 233 g/mol. The molecule has 1 atom stereocenters. The minimum Gasteiger partial charge on any atom is -0.389 e. The van der Waals surface area contributed by atoms with E-state index < -0.39 is 6.10 Å². The van der Waals surface area contributed by atoms with E-state index in [1.807, 2.05) is 6.92 Å². The molecule has 0 aliphatic rings. The molecule has 0 aromatic carbocycles. The van der Waals surface area contributed by atoms with Gasteiger partial charge in [0.1, 0.15) is 0 Å². The van der Waals surface area contributed by atoms with Crippen LogP contribution in [0.5, 0.6) is 0 Å². The van der Waals surface area contributed by atoms with Gasteiger partial charge in [-0.25, -0.2) is 0 Å². The fourth-order valence-electron chi connectivity index (χ4n) is 1.15. The number of ether oxygens (including phenoxy) is 2. The van der Waals surface area contributed by atoms with Gasteiger partial charge in [-0.05, 0) is 19.3 Å². The summed E-state index contributed by atoms with van der Waals surface area (Å²) in [7, 11) is 0. The van der Waals surface area contributed by atoms with Crippen LogP contribution in [-0.4, -0.2) is 50.7 Å². The molecule has 0 fully saturated rings. The third kappa shape index (κ3) is 11.9. The van der Waals surface area contributed by atoms with Crippen LogP contribution in [-0.2, 0) is 9.47 Å². The maximum absolute atomic E-state index is 9.43. The third-order valence-corrected chi connectivity index (χ3v) is 2.16. The zero-order valence-corrected chi connectivity index (χ0v) is 10.9. The first-order valence-electron chi connectivity index (χ1n) is 6.21. The number of rotatable bonds is 11. The number of hydrogen-bond donors (Lipinski definition) is 2. The van der Waals surface area contributed by atoms with E-state index in [9.17, 15) is 5.11 Å².